The second kappa shape index (κ2) is 12.3. The van der Waals surface area contributed by atoms with Gasteiger partial charge in [-0.15, -0.1) is 0 Å². The van der Waals surface area contributed by atoms with Gasteiger partial charge < -0.3 is 20.1 Å². The first kappa shape index (κ1) is 26.1. The fraction of sp³-hybridized carbons (Fsp3) is 0.321. The monoisotopic (exact) mass is 504 g/mol. The third-order valence-corrected chi connectivity index (χ3v) is 6.16. The quantitative estimate of drug-likeness (QED) is 0.427. The van der Waals surface area contributed by atoms with Gasteiger partial charge in [0.2, 0.25) is 11.7 Å². The molecule has 0 bridgehead atoms. The molecule has 0 radical (unpaired) electrons. The van der Waals surface area contributed by atoms with E-state index in [1.54, 1.807) is 12.1 Å². The van der Waals surface area contributed by atoms with Crippen LogP contribution in [-0.4, -0.2) is 58.7 Å². The summed E-state index contributed by atoms with van der Waals surface area (Å²) in [5, 5.41) is 12.8. The normalized spacial score (nSPS) is 14.4. The molecule has 3 N–H and O–H groups in total. The third kappa shape index (κ3) is 7.26. The van der Waals surface area contributed by atoms with Crippen LogP contribution in [0.4, 0.5) is 4.39 Å². The zero-order valence-electron chi connectivity index (χ0n) is 20.6. The van der Waals surface area contributed by atoms with Crippen LogP contribution < -0.4 is 10.9 Å². The number of nitrogens with one attached hydrogen (secondary N) is 2. The molecule has 1 unspecified atom stereocenters. The second-order valence-corrected chi connectivity index (χ2v) is 8.95. The molecule has 1 aromatic heterocycles. The molecule has 8 nitrogen and oxygen atoms in total. The molecule has 1 fully saturated rings. The number of hydrogen-bond donors (Lipinski definition) is 3. The molecule has 1 aliphatic rings. The first-order valence-corrected chi connectivity index (χ1v) is 12.1. The van der Waals surface area contributed by atoms with E-state index >= 15 is 0 Å². The van der Waals surface area contributed by atoms with Crippen molar-refractivity contribution in [2.75, 3.05) is 32.8 Å². The summed E-state index contributed by atoms with van der Waals surface area (Å²) < 4.78 is 20.3. The van der Waals surface area contributed by atoms with Crippen molar-refractivity contribution in [2.24, 2.45) is 0 Å². The van der Waals surface area contributed by atoms with E-state index in [-0.39, 0.29) is 30.1 Å². The first-order chi connectivity index (χ1) is 17.9. The highest BCUT2D eigenvalue weighted by Crippen LogP contribution is 2.24. The maximum Gasteiger partial charge on any atom is 0.293 e. The van der Waals surface area contributed by atoms with Crippen LogP contribution in [-0.2, 0) is 22.5 Å². The molecule has 37 heavy (non-hydrogen) atoms. The van der Waals surface area contributed by atoms with E-state index < -0.39 is 23.0 Å². The zero-order valence-corrected chi connectivity index (χ0v) is 20.6. The Labute approximate surface area is 214 Å². The molecular formula is C28H29FN4O4. The van der Waals surface area contributed by atoms with Gasteiger partial charge in [-0.3, -0.25) is 14.5 Å². The van der Waals surface area contributed by atoms with Crippen LogP contribution in [0.2, 0.25) is 0 Å². The third-order valence-electron chi connectivity index (χ3n) is 6.16. The Bertz CT molecular complexity index is 1360. The molecule has 192 valence electrons. The molecule has 4 rings (SSSR count). The van der Waals surface area contributed by atoms with E-state index in [0.29, 0.717) is 5.56 Å². The van der Waals surface area contributed by atoms with E-state index in [1.807, 2.05) is 24.3 Å². The van der Waals surface area contributed by atoms with E-state index in [2.05, 4.69) is 32.0 Å². The zero-order chi connectivity index (χ0) is 26.2. The number of H-pyrrole nitrogens is 1. The van der Waals surface area contributed by atoms with E-state index in [0.717, 1.165) is 38.4 Å². The summed E-state index contributed by atoms with van der Waals surface area (Å²) in [6, 6.07) is 12.7. The van der Waals surface area contributed by atoms with E-state index in [1.165, 1.54) is 24.9 Å². The van der Waals surface area contributed by atoms with Crippen LogP contribution in [0.1, 0.15) is 40.8 Å². The number of ether oxygens (including phenoxy) is 1. The molecule has 0 saturated carbocycles. The lowest BCUT2D eigenvalue weighted by Crippen LogP contribution is -2.35. The van der Waals surface area contributed by atoms with Crippen molar-refractivity contribution in [3.63, 3.8) is 0 Å². The smallest absolute Gasteiger partial charge is 0.293 e. The molecule has 1 aliphatic heterocycles. The van der Waals surface area contributed by atoms with Gasteiger partial charge in [0, 0.05) is 44.6 Å². The minimum absolute atomic E-state index is 0.129. The Balaban J connectivity index is 1.45. The summed E-state index contributed by atoms with van der Waals surface area (Å²) in [6.45, 7) is 5.72. The maximum absolute atomic E-state index is 14.9. The molecule has 1 atom stereocenters. The number of halogens is 1. The number of aromatic hydroxyl groups is 1. The molecule has 1 amide bonds. The second-order valence-electron chi connectivity index (χ2n) is 8.95. The summed E-state index contributed by atoms with van der Waals surface area (Å²) >= 11 is 0. The Kier molecular flexibility index (Phi) is 8.67. The van der Waals surface area contributed by atoms with Gasteiger partial charge in [-0.2, -0.15) is 0 Å². The summed E-state index contributed by atoms with van der Waals surface area (Å²) in [6.07, 6.45) is 1.44. The van der Waals surface area contributed by atoms with Crippen LogP contribution >= 0.6 is 0 Å². The predicted molar refractivity (Wildman–Crippen MR) is 137 cm³/mol. The van der Waals surface area contributed by atoms with E-state index in [4.69, 9.17) is 4.74 Å². The molecule has 0 aliphatic carbocycles. The number of aromatic amines is 1. The average Bonchev–Trinajstić information content (AvgIpc) is 2.89. The Hall–Kier alpha value is -4.00. The number of rotatable bonds is 7. The van der Waals surface area contributed by atoms with Gasteiger partial charge in [0.05, 0.1) is 30.8 Å². The van der Waals surface area contributed by atoms with Crippen molar-refractivity contribution in [2.45, 2.75) is 25.8 Å². The van der Waals surface area contributed by atoms with Crippen molar-refractivity contribution >= 4 is 5.91 Å². The van der Waals surface area contributed by atoms with Gasteiger partial charge >= 0.3 is 0 Å². The molecule has 0 spiro atoms. The fourth-order valence-corrected chi connectivity index (χ4v) is 4.16. The first-order valence-electron chi connectivity index (χ1n) is 12.1. The highest BCUT2D eigenvalue weighted by Gasteiger charge is 2.21. The lowest BCUT2D eigenvalue weighted by atomic mass is 9.94. The van der Waals surface area contributed by atoms with Crippen molar-refractivity contribution in [1.29, 1.82) is 0 Å². The molecule has 1 saturated heterocycles. The number of morpholine rings is 1. The van der Waals surface area contributed by atoms with Gasteiger partial charge in [-0.25, -0.2) is 9.37 Å². The van der Waals surface area contributed by atoms with Gasteiger partial charge in [0.1, 0.15) is 5.82 Å². The number of benzene rings is 2. The van der Waals surface area contributed by atoms with Crippen molar-refractivity contribution < 1.29 is 19.0 Å². The van der Waals surface area contributed by atoms with Crippen molar-refractivity contribution in [1.82, 2.24) is 20.2 Å². The van der Waals surface area contributed by atoms with Crippen LogP contribution in [0.5, 0.6) is 5.75 Å². The molecule has 2 aromatic carbocycles. The van der Waals surface area contributed by atoms with Crippen LogP contribution in [0.3, 0.4) is 0 Å². The highest BCUT2D eigenvalue weighted by molar-refractivity contribution is 5.72. The van der Waals surface area contributed by atoms with Crippen molar-refractivity contribution in [3.8, 4) is 17.6 Å². The Morgan fingerprint density at radius 2 is 1.92 bits per heavy atom. The van der Waals surface area contributed by atoms with Crippen LogP contribution in [0, 0.1) is 17.7 Å². The minimum Gasteiger partial charge on any atom is -0.502 e. The number of amides is 1. The predicted octanol–water partition coefficient (Wildman–Crippen LogP) is 2.31. The fourth-order valence-electron chi connectivity index (χ4n) is 4.16. The largest absolute Gasteiger partial charge is 0.502 e. The molecular weight excluding hydrogens is 475 g/mol. The Morgan fingerprint density at radius 3 is 2.62 bits per heavy atom. The number of carbonyl (C=O) groups excluding carboxylic acids is 1. The van der Waals surface area contributed by atoms with Gasteiger partial charge in [0.25, 0.3) is 5.56 Å². The van der Waals surface area contributed by atoms with E-state index in [9.17, 15) is 19.1 Å². The maximum atomic E-state index is 14.9. The standard InChI is InChI=1S/C28H29FN4O4/c1-19(34)30-16-24(26-27(35)28(36)32-18-31-26)14-22-7-9-23(25(29)15-22)8-6-20-2-4-21(5-3-20)17-33-10-12-37-13-11-33/h2-5,7,9,15,18,24,35H,10-14,16-17H2,1H3,(H,30,34)(H,31,32,36). The van der Waals surface area contributed by atoms with Crippen molar-refractivity contribution in [3.05, 3.63) is 92.9 Å². The average molecular weight is 505 g/mol. The number of aromatic nitrogens is 2. The lowest BCUT2D eigenvalue weighted by Gasteiger charge is -2.26. The number of hydrogen-bond acceptors (Lipinski definition) is 6. The van der Waals surface area contributed by atoms with Gasteiger partial charge in [-0.05, 0) is 41.8 Å². The van der Waals surface area contributed by atoms with Crippen LogP contribution in [0.25, 0.3) is 0 Å². The SMILES string of the molecule is CC(=O)NCC(Cc1ccc(C#Cc2ccc(CN3CCOCC3)cc2)c(F)c1)c1nc[nH]c(=O)c1O. The Morgan fingerprint density at radius 1 is 1.19 bits per heavy atom. The summed E-state index contributed by atoms with van der Waals surface area (Å²) in [5.74, 6) is 4.12. The molecule has 9 heteroatoms. The van der Waals surface area contributed by atoms with Gasteiger partial charge in [-0.1, -0.05) is 30.0 Å². The minimum atomic E-state index is -0.677. The van der Waals surface area contributed by atoms with Gasteiger partial charge in [0.15, 0.2) is 0 Å². The summed E-state index contributed by atoms with van der Waals surface area (Å²) in [5.41, 5.74) is 2.32. The lowest BCUT2D eigenvalue weighted by molar-refractivity contribution is -0.119. The van der Waals surface area contributed by atoms with Crippen LogP contribution in [0.15, 0.2) is 53.6 Å². The summed E-state index contributed by atoms with van der Waals surface area (Å²) in [7, 11) is 0. The molecule has 2 heterocycles. The molecule has 3 aromatic rings. The number of nitrogens with zero attached hydrogens (tertiary/aromatic N) is 2. The highest BCUT2D eigenvalue weighted by atomic mass is 19.1. The summed E-state index contributed by atoms with van der Waals surface area (Å²) in [4.78, 5) is 32.0. The topological polar surface area (TPSA) is 108 Å². The number of carbonyl (C=O) groups is 1.